The van der Waals surface area contributed by atoms with Crippen LogP contribution in [0.1, 0.15) is 66.3 Å². The highest BCUT2D eigenvalue weighted by Crippen LogP contribution is 2.61. The first-order chi connectivity index (χ1) is 30.6. The van der Waals surface area contributed by atoms with Crippen LogP contribution in [0, 0.1) is 17.8 Å². The standard InChI is InChI=1S/C59H48N2O/c1-3-13-44(14-4-1)59(45-15-5-2-6-16-45)52-18-8-7-17-50(52)51-32-31-49(36-53(51)59)60(46-25-23-43(24-26-46)58-37-40-33-41(38-58)35-42(34-40)39-58)47-27-29-48(30-28-47)61-54-19-9-11-21-56(54)62-57-22-12-10-20-55(57)61/h1-32,36,40-42H,33-35,37-39H2. The molecule has 0 unspecified atom stereocenters. The molecule has 0 saturated heterocycles. The van der Waals surface area contributed by atoms with Crippen LogP contribution in [0.5, 0.6) is 11.5 Å². The van der Waals surface area contributed by atoms with E-state index in [1.807, 2.05) is 12.1 Å². The van der Waals surface area contributed by atoms with Crippen molar-refractivity contribution in [1.29, 1.82) is 0 Å². The Morgan fingerprint density at radius 2 is 0.903 bits per heavy atom. The van der Waals surface area contributed by atoms with Gasteiger partial charge in [-0.2, -0.15) is 0 Å². The molecule has 6 aliphatic rings. The largest absolute Gasteiger partial charge is 0.453 e. The molecule has 62 heavy (non-hydrogen) atoms. The summed E-state index contributed by atoms with van der Waals surface area (Å²) in [6, 6.07) is 74.1. The lowest BCUT2D eigenvalue weighted by Crippen LogP contribution is -2.48. The first-order valence-corrected chi connectivity index (χ1v) is 22.7. The van der Waals surface area contributed by atoms with E-state index in [4.69, 9.17) is 4.74 Å². The summed E-state index contributed by atoms with van der Waals surface area (Å²) >= 11 is 0. The molecule has 4 fully saturated rings. The van der Waals surface area contributed by atoms with Crippen LogP contribution in [0.4, 0.5) is 34.1 Å². The summed E-state index contributed by atoms with van der Waals surface area (Å²) in [4.78, 5) is 4.81. The van der Waals surface area contributed by atoms with E-state index < -0.39 is 5.41 Å². The van der Waals surface area contributed by atoms with Crippen molar-refractivity contribution in [1.82, 2.24) is 0 Å². The average molecular weight is 801 g/mol. The van der Waals surface area contributed by atoms with Crippen molar-refractivity contribution in [3.63, 3.8) is 0 Å². The molecule has 0 radical (unpaired) electrons. The maximum atomic E-state index is 6.38. The predicted octanol–water partition coefficient (Wildman–Crippen LogP) is 15.6. The molecular weight excluding hydrogens is 753 g/mol. The highest BCUT2D eigenvalue weighted by molar-refractivity contribution is 5.91. The fourth-order valence-corrected chi connectivity index (χ4v) is 13.2. The van der Waals surface area contributed by atoms with Crippen LogP contribution >= 0.6 is 0 Å². The van der Waals surface area contributed by atoms with Crippen molar-refractivity contribution >= 4 is 34.1 Å². The SMILES string of the molecule is c1ccc(C2(c3ccccc3)c3ccccc3-c3ccc(N(c4ccc(N5c6ccccc6Oc6ccccc65)cc4)c4ccc(C56CC7CC(CC(C7)C5)C6)cc4)cc32)cc1. The predicted molar refractivity (Wildman–Crippen MR) is 253 cm³/mol. The molecule has 4 bridgehead atoms. The minimum absolute atomic E-state index is 0.342. The van der Waals surface area contributed by atoms with E-state index in [-0.39, 0.29) is 0 Å². The molecule has 4 saturated carbocycles. The van der Waals surface area contributed by atoms with Gasteiger partial charge in [0.1, 0.15) is 0 Å². The molecule has 0 spiro atoms. The Labute approximate surface area is 364 Å². The molecule has 0 aromatic heterocycles. The quantitative estimate of drug-likeness (QED) is 0.160. The summed E-state index contributed by atoms with van der Waals surface area (Å²) in [7, 11) is 0. The Hall–Kier alpha value is -6.84. The summed E-state index contributed by atoms with van der Waals surface area (Å²) in [5, 5.41) is 0. The minimum atomic E-state index is -0.487. The van der Waals surface area contributed by atoms with Crippen LogP contribution < -0.4 is 14.5 Å². The van der Waals surface area contributed by atoms with Crippen molar-refractivity contribution in [2.45, 2.75) is 49.4 Å². The second-order valence-corrected chi connectivity index (χ2v) is 18.7. The van der Waals surface area contributed by atoms with E-state index in [9.17, 15) is 0 Å². The third kappa shape index (κ3) is 5.37. The van der Waals surface area contributed by atoms with Gasteiger partial charge in [0.15, 0.2) is 11.5 Å². The zero-order valence-electron chi connectivity index (χ0n) is 34.8. The lowest BCUT2D eigenvalue weighted by molar-refractivity contribution is -0.00518. The maximum absolute atomic E-state index is 6.38. The summed E-state index contributed by atoms with van der Waals surface area (Å²) in [6.07, 6.45) is 8.46. The van der Waals surface area contributed by atoms with E-state index in [0.717, 1.165) is 57.7 Å². The lowest BCUT2D eigenvalue weighted by atomic mass is 9.48. The van der Waals surface area contributed by atoms with Crippen LogP contribution in [-0.4, -0.2) is 0 Å². The molecule has 3 nitrogen and oxygen atoms in total. The summed E-state index contributed by atoms with van der Waals surface area (Å²) in [6.45, 7) is 0. The van der Waals surface area contributed by atoms with Gasteiger partial charge in [-0.1, -0.05) is 127 Å². The third-order valence-electron chi connectivity index (χ3n) is 15.3. The first-order valence-electron chi connectivity index (χ1n) is 22.7. The van der Waals surface area contributed by atoms with Gasteiger partial charge < -0.3 is 14.5 Å². The lowest BCUT2D eigenvalue weighted by Gasteiger charge is -2.57. The van der Waals surface area contributed by atoms with Crippen molar-refractivity contribution in [3.05, 3.63) is 228 Å². The van der Waals surface area contributed by atoms with Crippen molar-refractivity contribution in [2.75, 3.05) is 9.80 Å². The number of nitrogens with zero attached hydrogens (tertiary/aromatic N) is 2. The molecule has 0 N–H and O–H groups in total. The van der Waals surface area contributed by atoms with Crippen LogP contribution in [0.25, 0.3) is 11.1 Å². The summed E-state index contributed by atoms with van der Waals surface area (Å²) in [5.74, 6) is 4.44. The van der Waals surface area contributed by atoms with Crippen molar-refractivity contribution in [3.8, 4) is 22.6 Å². The minimum Gasteiger partial charge on any atom is -0.453 e. The Kier molecular flexibility index (Phi) is 8.01. The number of anilines is 6. The molecule has 3 heteroatoms. The van der Waals surface area contributed by atoms with E-state index in [1.165, 1.54) is 77.6 Å². The van der Waals surface area contributed by atoms with Crippen LogP contribution in [0.2, 0.25) is 0 Å². The second-order valence-electron chi connectivity index (χ2n) is 18.7. The van der Waals surface area contributed by atoms with Crippen LogP contribution in [0.15, 0.2) is 200 Å². The third-order valence-corrected chi connectivity index (χ3v) is 15.3. The van der Waals surface area contributed by atoms with Crippen molar-refractivity contribution < 1.29 is 4.74 Å². The molecule has 1 aliphatic heterocycles. The number of hydrogen-bond acceptors (Lipinski definition) is 3. The molecule has 8 aromatic rings. The molecule has 0 atom stereocenters. The van der Waals surface area contributed by atoms with Gasteiger partial charge in [0.25, 0.3) is 0 Å². The van der Waals surface area contributed by atoms with Gasteiger partial charge in [0.05, 0.1) is 16.8 Å². The number of hydrogen-bond donors (Lipinski definition) is 0. The number of fused-ring (bicyclic) bond motifs is 5. The Morgan fingerprint density at radius 1 is 0.419 bits per heavy atom. The highest BCUT2D eigenvalue weighted by Gasteiger charge is 2.52. The van der Waals surface area contributed by atoms with Gasteiger partial charge in [-0.3, -0.25) is 0 Å². The first kappa shape index (κ1) is 35.9. The molecule has 0 amide bonds. The summed E-state index contributed by atoms with van der Waals surface area (Å²) < 4.78 is 6.38. The monoisotopic (exact) mass is 800 g/mol. The van der Waals surface area contributed by atoms with E-state index in [1.54, 1.807) is 5.56 Å². The molecular formula is C59H48N2O. The Morgan fingerprint density at radius 3 is 1.50 bits per heavy atom. The van der Waals surface area contributed by atoms with Gasteiger partial charge in [0, 0.05) is 22.7 Å². The van der Waals surface area contributed by atoms with Crippen LogP contribution in [-0.2, 0) is 10.8 Å². The average Bonchev–Trinajstić information content (AvgIpc) is 3.62. The van der Waals surface area contributed by atoms with Gasteiger partial charge in [-0.25, -0.2) is 0 Å². The normalized spacial score (nSPS) is 21.9. The number of rotatable bonds is 7. The Bertz CT molecular complexity index is 2850. The van der Waals surface area contributed by atoms with Gasteiger partial charge in [-0.15, -0.1) is 0 Å². The molecule has 8 aromatic carbocycles. The number of benzene rings is 8. The van der Waals surface area contributed by atoms with E-state index >= 15 is 0 Å². The van der Waals surface area contributed by atoms with Gasteiger partial charge >= 0.3 is 0 Å². The molecule has 1 heterocycles. The van der Waals surface area contributed by atoms with Crippen molar-refractivity contribution in [2.24, 2.45) is 17.8 Å². The van der Waals surface area contributed by atoms with E-state index in [0.29, 0.717) is 5.41 Å². The second kappa shape index (κ2) is 13.8. The zero-order valence-corrected chi connectivity index (χ0v) is 34.8. The molecule has 14 rings (SSSR count). The maximum Gasteiger partial charge on any atom is 0.151 e. The molecule has 300 valence electrons. The Balaban J connectivity index is 0.978. The molecule has 5 aliphatic carbocycles. The fourth-order valence-electron chi connectivity index (χ4n) is 13.2. The summed E-state index contributed by atoms with van der Waals surface area (Å²) in [5.41, 5.74) is 15.8. The zero-order chi connectivity index (χ0) is 40.8. The highest BCUT2D eigenvalue weighted by atomic mass is 16.5. The van der Waals surface area contributed by atoms with Crippen LogP contribution in [0.3, 0.4) is 0 Å². The van der Waals surface area contributed by atoms with E-state index in [2.05, 4.69) is 198 Å². The topological polar surface area (TPSA) is 15.7 Å². The van der Waals surface area contributed by atoms with Gasteiger partial charge in [-0.05, 0) is 173 Å². The smallest absolute Gasteiger partial charge is 0.151 e. The number of ether oxygens (including phenoxy) is 1. The fraction of sp³-hybridized carbons (Fsp3) is 0.186. The van der Waals surface area contributed by atoms with Gasteiger partial charge in [0.2, 0.25) is 0 Å². The number of para-hydroxylation sites is 4.